The second-order valence-corrected chi connectivity index (χ2v) is 2.90. The van der Waals surface area contributed by atoms with Gasteiger partial charge in [0.1, 0.15) is 5.82 Å². The number of ether oxygens (including phenoxy) is 1. The molecule has 0 N–H and O–H groups in total. The first kappa shape index (κ1) is 11.4. The minimum absolute atomic E-state index is 0.291. The van der Waals surface area contributed by atoms with Gasteiger partial charge in [0.15, 0.2) is 0 Å². The molecule has 0 aliphatic carbocycles. The maximum Gasteiger partial charge on any atom is 0.433 e. The molecule has 0 heterocycles. The third-order valence-corrected chi connectivity index (χ3v) is 1.79. The lowest BCUT2D eigenvalue weighted by Gasteiger charge is -2.00. The van der Waals surface area contributed by atoms with E-state index in [9.17, 15) is 9.18 Å². The van der Waals surface area contributed by atoms with Crippen molar-refractivity contribution in [2.75, 3.05) is 6.61 Å². The first-order valence-corrected chi connectivity index (χ1v) is 4.61. The lowest BCUT2D eigenvalue weighted by molar-refractivity contribution is 0.163. The zero-order valence-electron chi connectivity index (χ0n) is 8.66. The number of hydrogen-bond acceptors (Lipinski definition) is 2. The van der Waals surface area contributed by atoms with E-state index in [4.69, 9.17) is 0 Å². The Balaban J connectivity index is 2.79. The monoisotopic (exact) mass is 209 g/mol. The number of carbonyl (C=O) groups excluding carboxylic acids is 1. The summed E-state index contributed by atoms with van der Waals surface area (Å²) in [5, 5.41) is 0. The number of hydrogen-bond donors (Lipinski definition) is 0. The minimum Gasteiger partial charge on any atom is -0.448 e. The Bertz CT molecular complexity index is 371. The largest absolute Gasteiger partial charge is 0.448 e. The van der Waals surface area contributed by atoms with Crippen LogP contribution in [0.25, 0.3) is 0 Å². The lowest BCUT2D eigenvalue weighted by atomic mass is 10.1. The number of nitrogens with zero attached hydrogens (tertiary/aromatic N) is 1. The SMILES string of the molecule is CCOC(=O)/N=C(/C)c1ccc(F)cc1. The topological polar surface area (TPSA) is 38.7 Å². The van der Waals surface area contributed by atoms with Crippen LogP contribution in [0.15, 0.2) is 29.3 Å². The molecular formula is C11H12FNO2. The van der Waals surface area contributed by atoms with Gasteiger partial charge in [-0.25, -0.2) is 9.18 Å². The number of aliphatic imine (C=N–C) groups is 1. The van der Waals surface area contributed by atoms with Gasteiger partial charge in [-0.1, -0.05) is 12.1 Å². The zero-order valence-corrected chi connectivity index (χ0v) is 8.66. The molecule has 0 radical (unpaired) electrons. The molecule has 0 spiro atoms. The molecule has 1 amide bonds. The van der Waals surface area contributed by atoms with Crippen molar-refractivity contribution < 1.29 is 13.9 Å². The van der Waals surface area contributed by atoms with Crippen molar-refractivity contribution in [1.82, 2.24) is 0 Å². The van der Waals surface area contributed by atoms with Gasteiger partial charge >= 0.3 is 6.09 Å². The molecule has 0 aromatic heterocycles. The van der Waals surface area contributed by atoms with Crippen LogP contribution in [0.4, 0.5) is 9.18 Å². The van der Waals surface area contributed by atoms with Crippen molar-refractivity contribution in [3.63, 3.8) is 0 Å². The predicted octanol–water partition coefficient (Wildman–Crippen LogP) is 2.79. The molecule has 0 unspecified atom stereocenters. The van der Waals surface area contributed by atoms with Crippen LogP contribution in [0.2, 0.25) is 0 Å². The number of amides is 1. The van der Waals surface area contributed by atoms with E-state index in [2.05, 4.69) is 9.73 Å². The second-order valence-electron chi connectivity index (χ2n) is 2.90. The third-order valence-electron chi connectivity index (χ3n) is 1.79. The van der Waals surface area contributed by atoms with Crippen LogP contribution >= 0.6 is 0 Å². The van der Waals surface area contributed by atoms with Crippen LogP contribution in [-0.4, -0.2) is 18.4 Å². The molecule has 0 fully saturated rings. The maximum atomic E-state index is 12.6. The van der Waals surface area contributed by atoms with E-state index >= 15 is 0 Å². The first-order chi connectivity index (χ1) is 7.13. The highest BCUT2D eigenvalue weighted by Crippen LogP contribution is 2.04. The molecule has 1 aromatic rings. The molecule has 0 aliphatic rings. The van der Waals surface area contributed by atoms with Crippen LogP contribution in [0, 0.1) is 5.82 Å². The van der Waals surface area contributed by atoms with Crippen molar-refractivity contribution in [3.8, 4) is 0 Å². The molecule has 0 aliphatic heterocycles. The Kier molecular flexibility index (Phi) is 3.97. The summed E-state index contributed by atoms with van der Waals surface area (Å²) in [5.41, 5.74) is 1.21. The zero-order chi connectivity index (χ0) is 11.3. The molecule has 0 bridgehead atoms. The predicted molar refractivity (Wildman–Crippen MR) is 55.6 cm³/mol. The Morgan fingerprint density at radius 2 is 2.00 bits per heavy atom. The second kappa shape index (κ2) is 5.24. The average Bonchev–Trinajstić information content (AvgIpc) is 2.18. The van der Waals surface area contributed by atoms with Crippen LogP contribution in [0.1, 0.15) is 19.4 Å². The van der Waals surface area contributed by atoms with Crippen LogP contribution < -0.4 is 0 Å². The van der Waals surface area contributed by atoms with E-state index in [1.165, 1.54) is 12.1 Å². The highest BCUT2D eigenvalue weighted by molar-refractivity contribution is 6.03. The number of rotatable bonds is 2. The fraction of sp³-hybridized carbons (Fsp3) is 0.273. The van der Waals surface area contributed by atoms with E-state index in [0.717, 1.165) is 0 Å². The Morgan fingerprint density at radius 3 is 2.53 bits per heavy atom. The van der Waals surface area contributed by atoms with Gasteiger partial charge in [0, 0.05) is 0 Å². The van der Waals surface area contributed by atoms with Gasteiger partial charge < -0.3 is 4.74 Å². The molecule has 4 heteroatoms. The van der Waals surface area contributed by atoms with E-state index in [1.807, 2.05) is 0 Å². The quantitative estimate of drug-likeness (QED) is 0.702. The summed E-state index contributed by atoms with van der Waals surface area (Å²) in [4.78, 5) is 14.7. The summed E-state index contributed by atoms with van der Waals surface area (Å²) >= 11 is 0. The Morgan fingerprint density at radius 1 is 1.40 bits per heavy atom. The summed E-state index contributed by atoms with van der Waals surface area (Å²) in [6, 6.07) is 5.76. The van der Waals surface area contributed by atoms with Gasteiger partial charge in [0.05, 0.1) is 12.3 Å². The van der Waals surface area contributed by atoms with E-state index in [0.29, 0.717) is 17.9 Å². The normalized spacial score (nSPS) is 11.3. The van der Waals surface area contributed by atoms with Crippen molar-refractivity contribution in [1.29, 1.82) is 0 Å². The molecule has 1 aromatic carbocycles. The summed E-state index contributed by atoms with van der Waals surface area (Å²) < 4.78 is 17.3. The molecule has 0 saturated heterocycles. The van der Waals surface area contributed by atoms with Crippen molar-refractivity contribution in [2.24, 2.45) is 4.99 Å². The molecule has 0 saturated carbocycles. The standard InChI is InChI=1S/C11H12FNO2/c1-3-15-11(14)13-8(2)9-4-6-10(12)7-5-9/h4-7H,3H2,1-2H3/b13-8-. The van der Waals surface area contributed by atoms with Crippen molar-refractivity contribution in [3.05, 3.63) is 35.6 Å². The van der Waals surface area contributed by atoms with E-state index in [1.54, 1.807) is 26.0 Å². The van der Waals surface area contributed by atoms with Gasteiger partial charge in [0.25, 0.3) is 0 Å². The smallest absolute Gasteiger partial charge is 0.433 e. The van der Waals surface area contributed by atoms with Crippen LogP contribution in [0.5, 0.6) is 0 Å². The van der Waals surface area contributed by atoms with E-state index < -0.39 is 6.09 Å². The van der Waals surface area contributed by atoms with Gasteiger partial charge in [-0.05, 0) is 31.5 Å². The molecule has 15 heavy (non-hydrogen) atoms. The highest BCUT2D eigenvalue weighted by atomic mass is 19.1. The fourth-order valence-electron chi connectivity index (χ4n) is 1.05. The minimum atomic E-state index is -0.626. The maximum absolute atomic E-state index is 12.6. The number of benzene rings is 1. The summed E-state index contributed by atoms with van der Waals surface area (Å²) in [6.45, 7) is 3.67. The van der Waals surface area contributed by atoms with Gasteiger partial charge in [0.2, 0.25) is 0 Å². The fourth-order valence-corrected chi connectivity index (χ4v) is 1.05. The molecule has 80 valence electrons. The number of halogens is 1. The van der Waals surface area contributed by atoms with Crippen molar-refractivity contribution >= 4 is 11.8 Å². The van der Waals surface area contributed by atoms with Gasteiger partial charge in [-0.3, -0.25) is 0 Å². The summed E-state index contributed by atoms with van der Waals surface area (Å²) in [6.07, 6.45) is -0.626. The molecular weight excluding hydrogens is 197 g/mol. The molecule has 3 nitrogen and oxygen atoms in total. The van der Waals surface area contributed by atoms with E-state index in [-0.39, 0.29) is 5.82 Å². The molecule has 0 atom stereocenters. The first-order valence-electron chi connectivity index (χ1n) is 4.61. The summed E-state index contributed by atoms with van der Waals surface area (Å²) in [5.74, 6) is -0.317. The van der Waals surface area contributed by atoms with Gasteiger partial charge in [-0.15, -0.1) is 0 Å². The Hall–Kier alpha value is -1.71. The number of carbonyl (C=O) groups is 1. The highest BCUT2D eigenvalue weighted by Gasteiger charge is 2.02. The summed E-state index contributed by atoms with van der Waals surface area (Å²) in [7, 11) is 0. The van der Waals surface area contributed by atoms with Crippen molar-refractivity contribution in [2.45, 2.75) is 13.8 Å². The van der Waals surface area contributed by atoms with Crippen LogP contribution in [-0.2, 0) is 4.74 Å². The molecule has 1 rings (SSSR count). The lowest BCUT2D eigenvalue weighted by Crippen LogP contribution is -2.03. The van der Waals surface area contributed by atoms with Crippen LogP contribution in [0.3, 0.4) is 0 Å². The van der Waals surface area contributed by atoms with Gasteiger partial charge in [-0.2, -0.15) is 4.99 Å². The average molecular weight is 209 g/mol. The Labute approximate surface area is 87.6 Å². The third kappa shape index (κ3) is 3.50.